The number of benzene rings is 3. The maximum atomic E-state index is 4.97. The van der Waals surface area contributed by atoms with Crippen molar-refractivity contribution in [3.05, 3.63) is 108 Å². The van der Waals surface area contributed by atoms with Crippen LogP contribution in [0.1, 0.15) is 16.7 Å². The molecule has 0 spiro atoms. The van der Waals surface area contributed by atoms with Crippen molar-refractivity contribution in [1.29, 1.82) is 0 Å². The van der Waals surface area contributed by atoms with Crippen LogP contribution in [0.5, 0.6) is 0 Å². The third kappa shape index (κ3) is 18.9. The molecule has 3 nitrogen and oxygen atoms in total. The molecule has 3 aromatic carbocycles. The van der Waals surface area contributed by atoms with E-state index in [-0.39, 0.29) is 30.2 Å². The molecule has 0 saturated heterocycles. The summed E-state index contributed by atoms with van der Waals surface area (Å²) >= 11 is 27.5. The van der Waals surface area contributed by atoms with Gasteiger partial charge in [0.15, 0.2) is 0 Å². The average Bonchev–Trinajstić information content (AvgIpc) is 2.83. The summed E-state index contributed by atoms with van der Waals surface area (Å²) in [4.78, 5) is 0. The van der Waals surface area contributed by atoms with Crippen molar-refractivity contribution in [2.75, 3.05) is 0 Å². The van der Waals surface area contributed by atoms with Crippen LogP contribution in [-0.2, 0) is 89.0 Å². The van der Waals surface area contributed by atoms with Gasteiger partial charge in [0.2, 0.25) is 0 Å². The van der Waals surface area contributed by atoms with Crippen molar-refractivity contribution < 1.29 is 31.3 Å². The Morgan fingerprint density at radius 2 is 0.676 bits per heavy atom. The van der Waals surface area contributed by atoms with E-state index in [0.29, 0.717) is 19.8 Å². The summed E-state index contributed by atoms with van der Waals surface area (Å²) in [7, 11) is 0. The van der Waals surface area contributed by atoms with Crippen LogP contribution in [0.25, 0.3) is 0 Å². The smallest absolute Gasteiger partial charge is 0.509 e. The Balaban J connectivity index is 0.000000473. The Morgan fingerprint density at radius 1 is 0.471 bits per heavy atom. The topological polar surface area (TPSA) is 27.7 Å². The number of hydrogen-bond donors (Lipinski definition) is 0. The van der Waals surface area contributed by atoms with Gasteiger partial charge in [-0.2, -0.15) is 0 Å². The molecule has 0 saturated carbocycles. The predicted octanol–water partition coefficient (Wildman–Crippen LogP) is 6.10. The predicted molar refractivity (Wildman–Crippen MR) is 154 cm³/mol. The summed E-state index contributed by atoms with van der Waals surface area (Å²) < 4.78 is 15.4. The van der Waals surface area contributed by atoms with Crippen LogP contribution in [0.3, 0.4) is 0 Å². The molecule has 0 amide bonds. The molecule has 34 heavy (non-hydrogen) atoms. The Kier molecular flexibility index (Phi) is 19.9. The zero-order chi connectivity index (χ0) is 24.3. The van der Waals surface area contributed by atoms with Gasteiger partial charge >= 0.3 is 17.1 Å². The maximum absolute atomic E-state index is 4.97. The molecule has 3 rings (SSSR count). The van der Waals surface area contributed by atoms with Crippen LogP contribution < -0.4 is 0 Å². The molecule has 0 aliphatic heterocycles. The van der Waals surface area contributed by atoms with E-state index in [1.54, 1.807) is 0 Å². The minimum Gasteiger partial charge on any atom is -0.509 e. The van der Waals surface area contributed by atoms with E-state index in [1.807, 2.05) is 91.0 Å². The van der Waals surface area contributed by atoms with E-state index >= 15 is 0 Å². The second-order valence-electron chi connectivity index (χ2n) is 6.07. The fourth-order valence-electron chi connectivity index (χ4n) is 2.15. The van der Waals surface area contributed by atoms with Crippen LogP contribution in [0.15, 0.2) is 91.0 Å². The molecule has 0 atom stereocenters. The van der Waals surface area contributed by atoms with Gasteiger partial charge in [0.25, 0.3) is 0 Å². The van der Waals surface area contributed by atoms with Crippen molar-refractivity contribution in [2.45, 2.75) is 19.8 Å². The minimum atomic E-state index is 0. The summed E-state index contributed by atoms with van der Waals surface area (Å²) in [6, 6.07) is 29.4. The molecule has 0 N–H and O–H groups in total. The molecule has 0 bridgehead atoms. The van der Waals surface area contributed by atoms with Gasteiger partial charge < -0.3 is 88.8 Å². The third-order valence-corrected chi connectivity index (χ3v) is 4.31. The average molecular weight is 606 g/mol. The van der Waals surface area contributed by atoms with Crippen molar-refractivity contribution >= 4 is 87.7 Å². The van der Waals surface area contributed by atoms with Crippen molar-refractivity contribution in [3.63, 3.8) is 0 Å². The van der Waals surface area contributed by atoms with E-state index in [0.717, 1.165) is 16.7 Å². The largest absolute Gasteiger partial charge is 3.00 e. The SMILES string of the molecule is S=C([S-])OCc1ccccc1.S=C([S-])OCc1ccccc1.S=C([S-])OCc1ccccc1.[Fe+3]. The zero-order valence-electron chi connectivity index (χ0n) is 17.8. The molecule has 0 aromatic heterocycles. The first kappa shape index (κ1) is 32.5. The first-order valence-electron chi connectivity index (χ1n) is 9.50. The zero-order valence-corrected chi connectivity index (χ0v) is 23.8. The van der Waals surface area contributed by atoms with Crippen molar-refractivity contribution in [1.82, 2.24) is 0 Å². The summed E-state index contributed by atoms with van der Waals surface area (Å²) in [6.45, 7) is 1.43. The Labute approximate surface area is 244 Å². The van der Waals surface area contributed by atoms with Gasteiger partial charge in [0, 0.05) is 13.1 Å². The maximum Gasteiger partial charge on any atom is 3.00 e. The van der Waals surface area contributed by atoms with E-state index in [1.165, 1.54) is 0 Å². The molecule has 0 heterocycles. The van der Waals surface area contributed by atoms with Gasteiger partial charge in [-0.25, -0.2) is 0 Å². The van der Waals surface area contributed by atoms with Gasteiger partial charge in [0.1, 0.15) is 19.8 Å². The fourth-order valence-corrected chi connectivity index (χ4v) is 2.50. The van der Waals surface area contributed by atoms with E-state index in [4.69, 9.17) is 14.2 Å². The van der Waals surface area contributed by atoms with Gasteiger partial charge in [-0.3, -0.25) is 0 Å². The first-order chi connectivity index (χ1) is 15.9. The van der Waals surface area contributed by atoms with Gasteiger partial charge in [0.05, 0.1) is 0 Å². The molecule has 0 aliphatic rings. The molecule has 0 aliphatic carbocycles. The Hall–Kier alpha value is -1.49. The molecule has 1 radical (unpaired) electrons. The minimum absolute atomic E-state index is 0. The second-order valence-corrected chi connectivity index (χ2v) is 9.07. The van der Waals surface area contributed by atoms with E-state index in [9.17, 15) is 0 Å². The van der Waals surface area contributed by atoms with Crippen LogP contribution in [0.2, 0.25) is 0 Å². The van der Waals surface area contributed by atoms with Gasteiger partial charge in [-0.05, 0) is 16.7 Å². The quantitative estimate of drug-likeness (QED) is 0.188. The van der Waals surface area contributed by atoms with Crippen molar-refractivity contribution in [3.8, 4) is 0 Å². The van der Waals surface area contributed by atoms with Crippen LogP contribution in [0, 0.1) is 0 Å². The molecule has 179 valence electrons. The van der Waals surface area contributed by atoms with Crippen LogP contribution in [-0.4, -0.2) is 13.1 Å². The number of rotatable bonds is 6. The molecule has 10 heteroatoms. The standard InChI is InChI=1S/3C8H8OS2.Fe/c3*10-8(11)9-6-7-4-2-1-3-5-7;/h3*1-5H,6H2,(H,10,11);/q;;;+3/p-3. The normalized spacial score (nSPS) is 8.82. The molecular weight excluding hydrogens is 585 g/mol. The summed E-state index contributed by atoms with van der Waals surface area (Å²) in [6.07, 6.45) is 0. The fraction of sp³-hybridized carbons (Fsp3) is 0.125. The molecule has 0 unspecified atom stereocenters. The number of thiocarbonyl (C=S) groups is 3. The van der Waals surface area contributed by atoms with Crippen LogP contribution >= 0.6 is 36.7 Å². The summed E-state index contributed by atoms with van der Waals surface area (Å²) in [5, 5.41) is 0. The van der Waals surface area contributed by atoms with E-state index in [2.05, 4.69) is 74.5 Å². The Bertz CT molecular complexity index is 833. The Morgan fingerprint density at radius 3 is 0.853 bits per heavy atom. The molecular formula is C24H21FeO3S6. The third-order valence-electron chi connectivity index (χ3n) is 3.60. The summed E-state index contributed by atoms with van der Waals surface area (Å²) in [5.41, 5.74) is 3.25. The number of ether oxygens (including phenoxy) is 3. The monoisotopic (exact) mass is 605 g/mol. The van der Waals surface area contributed by atoms with Gasteiger partial charge in [-0.15, -0.1) is 0 Å². The van der Waals surface area contributed by atoms with Crippen molar-refractivity contribution in [2.24, 2.45) is 0 Å². The van der Waals surface area contributed by atoms with Gasteiger partial charge in [-0.1, -0.05) is 91.0 Å². The molecule has 0 fully saturated rings. The second kappa shape index (κ2) is 20.8. The first-order valence-corrected chi connectivity index (χ1v) is 11.9. The molecule has 3 aromatic rings. The van der Waals surface area contributed by atoms with E-state index < -0.39 is 0 Å². The van der Waals surface area contributed by atoms with Crippen LogP contribution in [0.4, 0.5) is 0 Å². The number of hydrogen-bond acceptors (Lipinski definition) is 9. The summed E-state index contributed by atoms with van der Waals surface area (Å²) in [5.74, 6) is 0.